The molecule has 1 heterocycles. The van der Waals surface area contributed by atoms with E-state index in [1.165, 1.54) is 55.5 Å². The molecule has 0 unspecified atom stereocenters. The van der Waals surface area contributed by atoms with Crippen molar-refractivity contribution in [3.05, 3.63) is 23.5 Å². The van der Waals surface area contributed by atoms with Gasteiger partial charge in [-0.05, 0) is 51.2 Å². The van der Waals surface area contributed by atoms with Crippen LogP contribution in [0.5, 0.6) is 0 Å². The van der Waals surface area contributed by atoms with Crippen molar-refractivity contribution in [3.63, 3.8) is 0 Å². The van der Waals surface area contributed by atoms with Crippen molar-refractivity contribution in [2.24, 2.45) is 0 Å². The average Bonchev–Trinajstić information content (AvgIpc) is 2.69. The number of aromatic nitrogens is 1. The van der Waals surface area contributed by atoms with Gasteiger partial charge in [-0.15, -0.1) is 0 Å². The topological polar surface area (TPSA) is 8.17 Å². The van der Waals surface area contributed by atoms with E-state index in [1.807, 2.05) is 0 Å². The van der Waals surface area contributed by atoms with Gasteiger partial charge in [0.25, 0.3) is 0 Å². The summed E-state index contributed by atoms with van der Waals surface area (Å²) < 4.78 is 2.42. The molecule has 0 N–H and O–H groups in total. The van der Waals surface area contributed by atoms with Gasteiger partial charge in [0, 0.05) is 30.2 Å². The summed E-state index contributed by atoms with van der Waals surface area (Å²) in [6, 6.07) is 4.42. The third-order valence-corrected chi connectivity index (χ3v) is 4.58. The Morgan fingerprint density at radius 1 is 1.06 bits per heavy atom. The molecule has 18 heavy (non-hydrogen) atoms. The average molecular weight is 268 g/mol. The number of thioether (sulfide) groups is 1. The molecule has 1 rings (SSSR count). The molecule has 0 aromatic carbocycles. The smallest absolute Gasteiger partial charge is 0.0232 e. The minimum Gasteiger partial charge on any atom is -0.349 e. The molecular weight excluding hydrogens is 240 g/mol. The molecule has 0 aliphatic heterocycles. The van der Waals surface area contributed by atoms with Gasteiger partial charge in [0.05, 0.1) is 0 Å². The monoisotopic (exact) mass is 268 g/mol. The summed E-state index contributed by atoms with van der Waals surface area (Å²) in [6.45, 7) is 13.6. The van der Waals surface area contributed by atoms with Gasteiger partial charge in [-0.3, -0.25) is 0 Å². The largest absolute Gasteiger partial charge is 0.349 e. The number of rotatable bonds is 9. The van der Waals surface area contributed by atoms with Gasteiger partial charge < -0.3 is 9.47 Å². The molecular formula is C15H28N2S. The molecule has 0 aliphatic rings. The lowest BCUT2D eigenvalue weighted by Crippen LogP contribution is -2.25. The van der Waals surface area contributed by atoms with E-state index >= 15 is 0 Å². The highest BCUT2D eigenvalue weighted by Crippen LogP contribution is 2.10. The van der Waals surface area contributed by atoms with Crippen LogP contribution in [0.4, 0.5) is 0 Å². The van der Waals surface area contributed by atoms with Crippen molar-refractivity contribution in [3.8, 4) is 0 Å². The summed E-state index contributed by atoms with van der Waals surface area (Å²) in [4.78, 5) is 2.49. The van der Waals surface area contributed by atoms with E-state index in [9.17, 15) is 0 Å². The minimum atomic E-state index is 1.17. The standard InChI is InChI=1S/C15H28N2S/c1-5-16(6-2)11-13-18-12-7-10-17-14(3)8-9-15(17)4/h8-9H,5-7,10-13H2,1-4H3. The Morgan fingerprint density at radius 2 is 1.67 bits per heavy atom. The second kappa shape index (κ2) is 8.65. The van der Waals surface area contributed by atoms with Crippen LogP contribution in [-0.4, -0.2) is 40.6 Å². The van der Waals surface area contributed by atoms with Gasteiger partial charge in [0.1, 0.15) is 0 Å². The van der Waals surface area contributed by atoms with Crippen LogP contribution in [0.2, 0.25) is 0 Å². The fourth-order valence-electron chi connectivity index (χ4n) is 2.21. The molecule has 1 aromatic heterocycles. The molecule has 0 bridgehead atoms. The van der Waals surface area contributed by atoms with Gasteiger partial charge in [0.15, 0.2) is 0 Å². The van der Waals surface area contributed by atoms with Crippen molar-refractivity contribution in [1.29, 1.82) is 0 Å². The van der Waals surface area contributed by atoms with E-state index < -0.39 is 0 Å². The highest BCUT2D eigenvalue weighted by molar-refractivity contribution is 7.99. The van der Waals surface area contributed by atoms with E-state index in [2.05, 4.69) is 61.1 Å². The molecule has 104 valence electrons. The third kappa shape index (κ3) is 5.07. The molecule has 0 saturated heterocycles. The Morgan fingerprint density at radius 3 is 2.22 bits per heavy atom. The van der Waals surface area contributed by atoms with Gasteiger partial charge in [-0.25, -0.2) is 0 Å². The maximum atomic E-state index is 2.49. The van der Waals surface area contributed by atoms with Crippen LogP contribution in [-0.2, 0) is 6.54 Å². The van der Waals surface area contributed by atoms with E-state index in [0.717, 1.165) is 0 Å². The molecule has 0 spiro atoms. The van der Waals surface area contributed by atoms with Crippen LogP contribution >= 0.6 is 11.8 Å². The quantitative estimate of drug-likeness (QED) is 0.633. The predicted octanol–water partition coefficient (Wildman–Crippen LogP) is 3.57. The van der Waals surface area contributed by atoms with E-state index in [0.29, 0.717) is 0 Å². The minimum absolute atomic E-state index is 1.17. The van der Waals surface area contributed by atoms with Crippen molar-refractivity contribution in [2.45, 2.75) is 40.7 Å². The van der Waals surface area contributed by atoms with Gasteiger partial charge >= 0.3 is 0 Å². The van der Waals surface area contributed by atoms with Crippen LogP contribution in [0.25, 0.3) is 0 Å². The zero-order valence-corrected chi connectivity index (χ0v) is 13.2. The molecule has 0 fully saturated rings. The molecule has 0 amide bonds. The van der Waals surface area contributed by atoms with E-state index in [4.69, 9.17) is 0 Å². The Bertz CT molecular complexity index is 310. The molecule has 2 nitrogen and oxygen atoms in total. The highest BCUT2D eigenvalue weighted by Gasteiger charge is 2.01. The second-order valence-corrected chi connectivity index (χ2v) is 5.99. The van der Waals surface area contributed by atoms with Gasteiger partial charge in [-0.2, -0.15) is 11.8 Å². The second-order valence-electron chi connectivity index (χ2n) is 4.76. The summed E-state index contributed by atoms with van der Waals surface area (Å²) in [5, 5.41) is 0. The van der Waals surface area contributed by atoms with Crippen LogP contribution in [0.15, 0.2) is 12.1 Å². The van der Waals surface area contributed by atoms with Crippen LogP contribution < -0.4 is 0 Å². The SMILES string of the molecule is CCN(CC)CCSCCCn1c(C)ccc1C. The first-order valence-electron chi connectivity index (χ1n) is 7.11. The summed E-state index contributed by atoms with van der Waals surface area (Å²) >= 11 is 2.09. The Balaban J connectivity index is 2.09. The number of aryl methyl sites for hydroxylation is 2. The lowest BCUT2D eigenvalue weighted by atomic mass is 10.4. The Hall–Kier alpha value is -0.410. The zero-order valence-electron chi connectivity index (χ0n) is 12.4. The third-order valence-electron chi connectivity index (χ3n) is 3.53. The highest BCUT2D eigenvalue weighted by atomic mass is 32.2. The molecule has 3 heteroatoms. The first-order valence-corrected chi connectivity index (χ1v) is 8.27. The summed E-state index contributed by atoms with van der Waals surface area (Å²) in [5.41, 5.74) is 2.78. The molecule has 0 atom stereocenters. The lowest BCUT2D eigenvalue weighted by molar-refractivity contribution is 0.324. The Kier molecular flexibility index (Phi) is 7.52. The summed E-state index contributed by atoms with van der Waals surface area (Å²) in [5.74, 6) is 2.55. The fourth-order valence-corrected chi connectivity index (χ4v) is 3.14. The van der Waals surface area contributed by atoms with Crippen molar-refractivity contribution in [2.75, 3.05) is 31.1 Å². The lowest BCUT2D eigenvalue weighted by Gasteiger charge is -2.17. The normalized spacial score (nSPS) is 11.4. The fraction of sp³-hybridized carbons (Fsp3) is 0.733. The maximum absolute atomic E-state index is 2.49. The van der Waals surface area contributed by atoms with Crippen LogP contribution in [0, 0.1) is 13.8 Å². The summed E-state index contributed by atoms with van der Waals surface area (Å²) in [6.07, 6.45) is 1.28. The number of hydrogen-bond acceptors (Lipinski definition) is 2. The van der Waals surface area contributed by atoms with E-state index in [-0.39, 0.29) is 0 Å². The van der Waals surface area contributed by atoms with Crippen molar-refractivity contribution < 1.29 is 0 Å². The predicted molar refractivity (Wildman–Crippen MR) is 83.6 cm³/mol. The van der Waals surface area contributed by atoms with Crippen molar-refractivity contribution in [1.82, 2.24) is 9.47 Å². The van der Waals surface area contributed by atoms with Gasteiger partial charge in [0.2, 0.25) is 0 Å². The first kappa shape index (κ1) is 15.6. The van der Waals surface area contributed by atoms with E-state index in [1.54, 1.807) is 0 Å². The van der Waals surface area contributed by atoms with Crippen LogP contribution in [0.1, 0.15) is 31.7 Å². The molecule has 0 radical (unpaired) electrons. The first-order chi connectivity index (χ1) is 8.69. The summed E-state index contributed by atoms with van der Waals surface area (Å²) in [7, 11) is 0. The molecule has 0 aliphatic carbocycles. The van der Waals surface area contributed by atoms with Crippen molar-refractivity contribution >= 4 is 11.8 Å². The molecule has 0 saturated carbocycles. The van der Waals surface area contributed by atoms with Crippen LogP contribution in [0.3, 0.4) is 0 Å². The van der Waals surface area contributed by atoms with Gasteiger partial charge in [-0.1, -0.05) is 13.8 Å². The Labute approximate surface area is 117 Å². The zero-order chi connectivity index (χ0) is 13.4. The molecule has 1 aromatic rings. The maximum Gasteiger partial charge on any atom is 0.0232 e. The number of nitrogens with zero attached hydrogens (tertiary/aromatic N) is 2. The number of hydrogen-bond donors (Lipinski definition) is 0.